The van der Waals surface area contributed by atoms with Crippen molar-refractivity contribution in [1.82, 2.24) is 24.3 Å². The molecular formula is C32H31BrClF4N7O3S. The van der Waals surface area contributed by atoms with Crippen molar-refractivity contribution < 1.29 is 26.0 Å². The standard InChI is InChI=1S/C32H31BrClF4N7O3S/c1-16-11-23(18-5-7-32(37,38)8-6-18)40-28-25(16)31(46)45(30(41-28)22(39)14-17-12-19(35)15-20(36)13-17)24-4-3-21(34)26-27(24)44(10-9-33)42-29(26)43-49(2,47)48/h3-4,11-13,15,18,22H,5-10,14,39H2,1-2H3,(H,42,43)/t22-/m0/s1. The van der Waals surface area contributed by atoms with Gasteiger partial charge in [0.1, 0.15) is 17.5 Å². The number of benzene rings is 2. The number of aromatic nitrogens is 5. The average Bonchev–Trinajstić information content (AvgIpc) is 3.34. The van der Waals surface area contributed by atoms with Crippen molar-refractivity contribution in [2.75, 3.05) is 16.3 Å². The summed E-state index contributed by atoms with van der Waals surface area (Å²) in [5, 5.41) is 5.35. The zero-order valence-electron chi connectivity index (χ0n) is 26.3. The molecule has 260 valence electrons. The molecule has 0 amide bonds. The molecule has 3 N–H and O–H groups in total. The number of anilines is 1. The van der Waals surface area contributed by atoms with E-state index in [1.54, 1.807) is 19.1 Å². The van der Waals surface area contributed by atoms with Gasteiger partial charge >= 0.3 is 0 Å². The minimum atomic E-state index is -3.80. The summed E-state index contributed by atoms with van der Waals surface area (Å²) in [6.45, 7) is 1.94. The molecule has 5 aromatic rings. The lowest BCUT2D eigenvalue weighted by atomic mass is 9.84. The van der Waals surface area contributed by atoms with Crippen LogP contribution in [-0.2, 0) is 23.0 Å². The van der Waals surface area contributed by atoms with Crippen LogP contribution in [0.5, 0.6) is 0 Å². The minimum absolute atomic E-state index is 0.0192. The molecule has 0 spiro atoms. The predicted molar refractivity (Wildman–Crippen MR) is 184 cm³/mol. The van der Waals surface area contributed by atoms with Gasteiger partial charge in [-0.05, 0) is 67.6 Å². The maximum Gasteiger partial charge on any atom is 0.268 e. The average molecular weight is 785 g/mol. The van der Waals surface area contributed by atoms with Gasteiger partial charge in [-0.1, -0.05) is 27.5 Å². The van der Waals surface area contributed by atoms with E-state index in [0.717, 1.165) is 24.5 Å². The molecule has 1 atom stereocenters. The van der Waals surface area contributed by atoms with E-state index in [0.29, 0.717) is 16.6 Å². The fourth-order valence-electron chi connectivity index (χ4n) is 6.43. The van der Waals surface area contributed by atoms with Gasteiger partial charge in [-0.25, -0.2) is 35.9 Å². The summed E-state index contributed by atoms with van der Waals surface area (Å²) in [5.41, 5.74) is 7.91. The van der Waals surface area contributed by atoms with Gasteiger partial charge in [-0.15, -0.1) is 0 Å². The molecule has 1 saturated carbocycles. The molecule has 3 heterocycles. The number of sulfonamides is 1. The Bertz CT molecular complexity index is 2250. The number of fused-ring (bicyclic) bond motifs is 2. The molecule has 6 rings (SSSR count). The molecule has 0 aliphatic heterocycles. The van der Waals surface area contributed by atoms with Gasteiger partial charge in [0.2, 0.25) is 15.9 Å². The first-order valence-electron chi connectivity index (χ1n) is 15.3. The Hall–Kier alpha value is -3.60. The van der Waals surface area contributed by atoms with E-state index in [9.17, 15) is 30.8 Å². The molecule has 0 radical (unpaired) electrons. The molecule has 0 saturated heterocycles. The number of halogens is 6. The zero-order chi connectivity index (χ0) is 35.4. The molecular weight excluding hydrogens is 754 g/mol. The van der Waals surface area contributed by atoms with Crippen LogP contribution in [0, 0.1) is 18.6 Å². The van der Waals surface area contributed by atoms with Crippen molar-refractivity contribution in [1.29, 1.82) is 0 Å². The van der Waals surface area contributed by atoms with E-state index in [-0.39, 0.29) is 94.4 Å². The molecule has 3 aromatic heterocycles. The van der Waals surface area contributed by atoms with E-state index in [2.05, 4.69) is 30.7 Å². The third kappa shape index (κ3) is 7.19. The van der Waals surface area contributed by atoms with Crippen molar-refractivity contribution in [3.05, 3.63) is 86.1 Å². The fourth-order valence-corrected chi connectivity index (χ4v) is 7.51. The van der Waals surface area contributed by atoms with Gasteiger partial charge in [0, 0.05) is 35.8 Å². The highest BCUT2D eigenvalue weighted by molar-refractivity contribution is 9.09. The third-order valence-electron chi connectivity index (χ3n) is 8.57. The van der Waals surface area contributed by atoms with Gasteiger partial charge in [0.05, 0.1) is 45.8 Å². The Morgan fingerprint density at radius 1 is 1.10 bits per heavy atom. The normalized spacial score (nSPS) is 16.0. The Labute approximate surface area is 291 Å². The number of nitrogens with zero attached hydrogens (tertiary/aromatic N) is 5. The highest BCUT2D eigenvalue weighted by Gasteiger charge is 2.36. The Balaban J connectivity index is 1.63. The first-order valence-corrected chi connectivity index (χ1v) is 18.7. The lowest BCUT2D eigenvalue weighted by Gasteiger charge is -2.28. The van der Waals surface area contributed by atoms with E-state index in [4.69, 9.17) is 22.3 Å². The molecule has 17 heteroatoms. The Morgan fingerprint density at radius 2 is 1.78 bits per heavy atom. The van der Waals surface area contributed by atoms with E-state index in [1.165, 1.54) is 15.3 Å². The topological polar surface area (TPSA) is 138 Å². The number of nitrogens with two attached hydrogens (primary N) is 1. The minimum Gasteiger partial charge on any atom is -0.321 e. The molecule has 10 nitrogen and oxygen atoms in total. The quantitative estimate of drug-likeness (QED) is 0.126. The van der Waals surface area contributed by atoms with E-state index in [1.807, 2.05) is 0 Å². The van der Waals surface area contributed by atoms with Crippen molar-refractivity contribution in [2.45, 2.75) is 63.5 Å². The number of alkyl halides is 3. The summed E-state index contributed by atoms with van der Waals surface area (Å²) < 4.78 is 85.9. The molecule has 0 unspecified atom stereocenters. The van der Waals surface area contributed by atoms with Crippen LogP contribution < -0.4 is 16.0 Å². The van der Waals surface area contributed by atoms with Crippen LogP contribution >= 0.6 is 27.5 Å². The molecule has 49 heavy (non-hydrogen) atoms. The van der Waals surface area contributed by atoms with Crippen LogP contribution in [0.2, 0.25) is 5.02 Å². The summed E-state index contributed by atoms with van der Waals surface area (Å²) >= 11 is 10.0. The second kappa shape index (κ2) is 13.3. The second-order valence-corrected chi connectivity index (χ2v) is 15.3. The summed E-state index contributed by atoms with van der Waals surface area (Å²) in [4.78, 5) is 24.1. The monoisotopic (exact) mass is 783 g/mol. The number of nitrogens with one attached hydrogen (secondary N) is 1. The van der Waals surface area contributed by atoms with E-state index >= 15 is 0 Å². The third-order valence-corrected chi connectivity index (χ3v) is 9.80. The van der Waals surface area contributed by atoms with Gasteiger partial charge in [0.15, 0.2) is 11.5 Å². The molecule has 0 bridgehead atoms. The number of hydrogen-bond acceptors (Lipinski definition) is 7. The molecule has 2 aromatic carbocycles. The predicted octanol–water partition coefficient (Wildman–Crippen LogP) is 6.67. The van der Waals surface area contributed by atoms with Crippen LogP contribution in [0.25, 0.3) is 27.6 Å². The van der Waals surface area contributed by atoms with Gasteiger partial charge in [-0.2, -0.15) is 5.10 Å². The second-order valence-electron chi connectivity index (χ2n) is 12.3. The number of pyridine rings is 1. The van der Waals surface area contributed by atoms with Crippen LogP contribution in [0.4, 0.5) is 23.4 Å². The van der Waals surface area contributed by atoms with Crippen molar-refractivity contribution >= 4 is 65.3 Å². The fraction of sp³-hybridized carbons (Fsp3) is 0.375. The maximum atomic E-state index is 14.7. The van der Waals surface area contributed by atoms with Gasteiger partial charge in [-0.3, -0.25) is 18.8 Å². The smallest absolute Gasteiger partial charge is 0.268 e. The van der Waals surface area contributed by atoms with Crippen LogP contribution in [-0.4, -0.2) is 50.2 Å². The Kier molecular flexibility index (Phi) is 9.54. The van der Waals surface area contributed by atoms with Crippen molar-refractivity contribution in [3.8, 4) is 5.69 Å². The van der Waals surface area contributed by atoms with Crippen LogP contribution in [0.3, 0.4) is 0 Å². The lowest BCUT2D eigenvalue weighted by molar-refractivity contribution is -0.0384. The van der Waals surface area contributed by atoms with Crippen LogP contribution in [0.15, 0.2) is 41.2 Å². The number of hydrogen-bond donors (Lipinski definition) is 2. The summed E-state index contributed by atoms with van der Waals surface area (Å²) in [6, 6.07) is 6.60. The highest BCUT2D eigenvalue weighted by atomic mass is 79.9. The Morgan fingerprint density at radius 3 is 2.41 bits per heavy atom. The highest BCUT2D eigenvalue weighted by Crippen LogP contribution is 2.41. The largest absolute Gasteiger partial charge is 0.321 e. The maximum absolute atomic E-state index is 14.7. The molecule has 1 aliphatic carbocycles. The number of rotatable bonds is 9. The van der Waals surface area contributed by atoms with Crippen molar-refractivity contribution in [2.24, 2.45) is 5.73 Å². The van der Waals surface area contributed by atoms with Crippen LogP contribution in [0.1, 0.15) is 60.3 Å². The van der Waals surface area contributed by atoms with Crippen molar-refractivity contribution in [3.63, 3.8) is 0 Å². The lowest BCUT2D eigenvalue weighted by Crippen LogP contribution is -2.31. The SMILES string of the molecule is Cc1cc(C2CCC(F)(F)CC2)nc2nc([C@@H](N)Cc3cc(F)cc(F)c3)n(-c3ccc(Cl)c4c(NS(C)(=O)=O)nn(CCBr)c34)c(=O)c12. The summed E-state index contributed by atoms with van der Waals surface area (Å²) in [6.07, 6.45) is 0.689. The first kappa shape index (κ1) is 35.2. The zero-order valence-corrected chi connectivity index (χ0v) is 29.4. The molecule has 1 aliphatic rings. The first-order chi connectivity index (χ1) is 23.0. The van der Waals surface area contributed by atoms with Gasteiger partial charge < -0.3 is 5.73 Å². The number of aryl methyl sites for hydroxylation is 2. The summed E-state index contributed by atoms with van der Waals surface area (Å²) in [5.74, 6) is -4.71. The van der Waals surface area contributed by atoms with E-state index < -0.39 is 39.2 Å². The summed E-state index contributed by atoms with van der Waals surface area (Å²) in [7, 11) is -3.80. The van der Waals surface area contributed by atoms with Gasteiger partial charge in [0.25, 0.3) is 5.56 Å². The molecule has 1 fully saturated rings.